The Kier molecular flexibility index (Phi) is 4.05. The fourth-order valence-electron chi connectivity index (χ4n) is 1.53. The molecule has 0 aliphatic heterocycles. The number of nitrogens with one attached hydrogen (secondary N) is 1. The number of rotatable bonds is 5. The molecule has 1 aromatic heterocycles. The van der Waals surface area contributed by atoms with Crippen LogP contribution in [-0.4, -0.2) is 21.6 Å². The van der Waals surface area contributed by atoms with Crippen LogP contribution >= 0.6 is 0 Å². The molecule has 1 heterocycles. The zero-order valence-corrected chi connectivity index (χ0v) is 9.50. The number of aromatic nitrogens is 2. The molecule has 0 radical (unpaired) electrons. The van der Waals surface area contributed by atoms with Crippen molar-refractivity contribution in [2.24, 2.45) is 0 Å². The van der Waals surface area contributed by atoms with Crippen LogP contribution in [0.1, 0.15) is 11.3 Å². The van der Waals surface area contributed by atoms with Crippen molar-refractivity contribution in [2.75, 3.05) is 6.54 Å². The fourth-order valence-corrected chi connectivity index (χ4v) is 1.53. The third-order valence-electron chi connectivity index (χ3n) is 2.45. The quantitative estimate of drug-likeness (QED) is 0.763. The molecule has 0 amide bonds. The topological polar surface area (TPSA) is 58.0 Å². The van der Waals surface area contributed by atoms with Gasteiger partial charge in [-0.3, -0.25) is 9.97 Å². The number of phenols is 1. The van der Waals surface area contributed by atoms with E-state index < -0.39 is 0 Å². The predicted molar refractivity (Wildman–Crippen MR) is 65.5 cm³/mol. The highest BCUT2D eigenvalue weighted by Gasteiger charge is 1.95. The van der Waals surface area contributed by atoms with Crippen LogP contribution in [0, 0.1) is 0 Å². The summed E-state index contributed by atoms with van der Waals surface area (Å²) in [6, 6.07) is 7.27. The average Bonchev–Trinajstić information content (AvgIpc) is 2.38. The first-order chi connectivity index (χ1) is 8.34. The van der Waals surface area contributed by atoms with E-state index >= 15 is 0 Å². The lowest BCUT2D eigenvalue weighted by molar-refractivity contribution is 0.475. The largest absolute Gasteiger partial charge is 0.508 e. The zero-order chi connectivity index (χ0) is 11.9. The summed E-state index contributed by atoms with van der Waals surface area (Å²) < 4.78 is 0. The lowest BCUT2D eigenvalue weighted by atomic mass is 10.1. The first-order valence-corrected chi connectivity index (χ1v) is 5.58. The van der Waals surface area contributed by atoms with Gasteiger partial charge in [0, 0.05) is 25.1 Å². The van der Waals surface area contributed by atoms with Gasteiger partial charge in [-0.15, -0.1) is 0 Å². The Hall–Kier alpha value is -1.94. The van der Waals surface area contributed by atoms with E-state index in [-0.39, 0.29) is 0 Å². The second kappa shape index (κ2) is 5.96. The molecule has 88 valence electrons. The molecule has 0 bridgehead atoms. The predicted octanol–water partition coefficient (Wildman–Crippen LogP) is 1.51. The zero-order valence-electron chi connectivity index (χ0n) is 9.50. The first kappa shape index (κ1) is 11.5. The molecule has 0 fully saturated rings. The number of phenolic OH excluding ortho intramolecular Hbond substituents is 1. The van der Waals surface area contributed by atoms with Gasteiger partial charge in [-0.05, 0) is 30.7 Å². The smallest absolute Gasteiger partial charge is 0.115 e. The molecule has 2 N–H and O–H groups in total. The van der Waals surface area contributed by atoms with Gasteiger partial charge >= 0.3 is 0 Å². The third-order valence-corrected chi connectivity index (χ3v) is 2.45. The summed E-state index contributed by atoms with van der Waals surface area (Å²) >= 11 is 0. The van der Waals surface area contributed by atoms with E-state index in [9.17, 15) is 0 Å². The molecule has 0 aliphatic rings. The van der Waals surface area contributed by atoms with E-state index in [2.05, 4.69) is 15.3 Å². The molecule has 1 aromatic carbocycles. The maximum Gasteiger partial charge on any atom is 0.115 e. The molecule has 0 saturated heterocycles. The third kappa shape index (κ3) is 3.85. The van der Waals surface area contributed by atoms with E-state index in [1.54, 1.807) is 30.7 Å². The molecule has 2 aromatic rings. The van der Waals surface area contributed by atoms with E-state index in [4.69, 9.17) is 5.11 Å². The van der Waals surface area contributed by atoms with Gasteiger partial charge in [-0.25, -0.2) is 0 Å². The second-order valence-electron chi connectivity index (χ2n) is 3.79. The van der Waals surface area contributed by atoms with Gasteiger partial charge < -0.3 is 10.4 Å². The average molecular weight is 229 g/mol. The van der Waals surface area contributed by atoms with E-state index in [0.717, 1.165) is 25.2 Å². The number of hydrogen-bond acceptors (Lipinski definition) is 4. The van der Waals surface area contributed by atoms with Gasteiger partial charge in [0.1, 0.15) is 5.75 Å². The maximum absolute atomic E-state index is 9.15. The Morgan fingerprint density at radius 1 is 1.12 bits per heavy atom. The van der Waals surface area contributed by atoms with E-state index in [0.29, 0.717) is 5.75 Å². The van der Waals surface area contributed by atoms with Gasteiger partial charge in [-0.1, -0.05) is 12.1 Å². The summed E-state index contributed by atoms with van der Waals surface area (Å²) in [5, 5.41) is 12.4. The minimum atomic E-state index is 0.307. The Morgan fingerprint density at radius 3 is 2.65 bits per heavy atom. The number of nitrogens with zero attached hydrogens (tertiary/aromatic N) is 2. The lowest BCUT2D eigenvalue weighted by Gasteiger charge is -2.04. The van der Waals surface area contributed by atoms with Crippen molar-refractivity contribution in [3.05, 3.63) is 54.1 Å². The van der Waals surface area contributed by atoms with Crippen molar-refractivity contribution in [3.8, 4) is 5.75 Å². The molecular weight excluding hydrogens is 214 g/mol. The monoisotopic (exact) mass is 229 g/mol. The number of benzene rings is 1. The minimum Gasteiger partial charge on any atom is -0.508 e. The van der Waals surface area contributed by atoms with Gasteiger partial charge in [0.05, 0.1) is 5.69 Å². The Balaban J connectivity index is 1.71. The molecule has 0 unspecified atom stereocenters. The Bertz CT molecular complexity index is 442. The number of hydrogen-bond donors (Lipinski definition) is 2. The van der Waals surface area contributed by atoms with Crippen LogP contribution in [-0.2, 0) is 13.0 Å². The fraction of sp³-hybridized carbons (Fsp3) is 0.231. The van der Waals surface area contributed by atoms with E-state index in [1.807, 2.05) is 12.1 Å². The van der Waals surface area contributed by atoms with Crippen LogP contribution < -0.4 is 5.32 Å². The van der Waals surface area contributed by atoms with Crippen LogP contribution in [0.25, 0.3) is 0 Å². The number of aromatic hydroxyl groups is 1. The standard InChI is InChI=1S/C13H15N3O/c17-13-3-1-11(2-4-13)5-6-14-9-12-10-15-7-8-16-12/h1-4,7-8,10,14,17H,5-6,9H2. The van der Waals surface area contributed by atoms with Crippen LogP contribution in [0.5, 0.6) is 5.75 Å². The van der Waals surface area contributed by atoms with Crippen molar-refractivity contribution in [2.45, 2.75) is 13.0 Å². The highest BCUT2D eigenvalue weighted by Crippen LogP contribution is 2.09. The minimum absolute atomic E-state index is 0.307. The summed E-state index contributed by atoms with van der Waals surface area (Å²) in [5.74, 6) is 0.307. The summed E-state index contributed by atoms with van der Waals surface area (Å²) in [4.78, 5) is 8.18. The molecule has 0 spiro atoms. The normalized spacial score (nSPS) is 10.4. The molecule has 0 aliphatic carbocycles. The highest BCUT2D eigenvalue weighted by molar-refractivity contribution is 5.25. The SMILES string of the molecule is Oc1ccc(CCNCc2cnccn2)cc1. The van der Waals surface area contributed by atoms with Crippen LogP contribution in [0.4, 0.5) is 0 Å². The van der Waals surface area contributed by atoms with Gasteiger partial charge in [0.2, 0.25) is 0 Å². The van der Waals surface area contributed by atoms with Crippen molar-refractivity contribution < 1.29 is 5.11 Å². The van der Waals surface area contributed by atoms with Crippen LogP contribution in [0.2, 0.25) is 0 Å². The second-order valence-corrected chi connectivity index (χ2v) is 3.79. The molecular formula is C13H15N3O. The van der Waals surface area contributed by atoms with Crippen LogP contribution in [0.3, 0.4) is 0 Å². The molecule has 4 heteroatoms. The Morgan fingerprint density at radius 2 is 1.94 bits per heavy atom. The van der Waals surface area contributed by atoms with Gasteiger partial charge in [0.15, 0.2) is 0 Å². The highest BCUT2D eigenvalue weighted by atomic mass is 16.3. The first-order valence-electron chi connectivity index (χ1n) is 5.58. The molecule has 0 atom stereocenters. The van der Waals surface area contributed by atoms with Gasteiger partial charge in [0.25, 0.3) is 0 Å². The maximum atomic E-state index is 9.15. The van der Waals surface area contributed by atoms with Crippen molar-refractivity contribution in [1.82, 2.24) is 15.3 Å². The lowest BCUT2D eigenvalue weighted by Crippen LogP contribution is -2.17. The van der Waals surface area contributed by atoms with Crippen molar-refractivity contribution in [1.29, 1.82) is 0 Å². The summed E-state index contributed by atoms with van der Waals surface area (Å²) in [6.07, 6.45) is 6.05. The summed E-state index contributed by atoms with van der Waals surface area (Å²) in [5.41, 5.74) is 2.15. The molecule has 4 nitrogen and oxygen atoms in total. The Labute approximate surface area is 100 Å². The van der Waals surface area contributed by atoms with Crippen LogP contribution in [0.15, 0.2) is 42.9 Å². The van der Waals surface area contributed by atoms with E-state index in [1.165, 1.54) is 5.56 Å². The van der Waals surface area contributed by atoms with Crippen molar-refractivity contribution >= 4 is 0 Å². The molecule has 0 saturated carbocycles. The van der Waals surface area contributed by atoms with Crippen molar-refractivity contribution in [3.63, 3.8) is 0 Å². The summed E-state index contributed by atoms with van der Waals surface area (Å²) in [7, 11) is 0. The summed E-state index contributed by atoms with van der Waals surface area (Å²) in [6.45, 7) is 1.60. The van der Waals surface area contributed by atoms with Gasteiger partial charge in [-0.2, -0.15) is 0 Å². The molecule has 2 rings (SSSR count). The molecule has 17 heavy (non-hydrogen) atoms.